The molecule has 0 aliphatic carbocycles. The average molecular weight is 467 g/mol. The second-order valence-electron chi connectivity index (χ2n) is 4.26. The van der Waals surface area contributed by atoms with Crippen molar-refractivity contribution in [2.45, 2.75) is 24.4 Å². The molecule has 2 nitrogen and oxygen atoms in total. The third-order valence-electron chi connectivity index (χ3n) is 2.80. The number of benzene rings is 1. The van der Waals surface area contributed by atoms with Crippen LogP contribution in [0.15, 0.2) is 12.1 Å². The Bertz CT molecular complexity index is 577. The highest BCUT2D eigenvalue weighted by molar-refractivity contribution is 14.1. The summed E-state index contributed by atoms with van der Waals surface area (Å²) in [5, 5.41) is 0. The third kappa shape index (κ3) is 3.55. The van der Waals surface area contributed by atoms with Crippen LogP contribution < -0.4 is 10.5 Å². The van der Waals surface area contributed by atoms with E-state index >= 15 is 0 Å². The SMILES string of the molecule is Nc1c(I)cc(C(F)(CF)C(F)(F)C(F)(F)F)cc1OC(F)F. The molecule has 1 rings (SSSR count). The van der Waals surface area contributed by atoms with Crippen LogP contribution in [0.2, 0.25) is 0 Å². The number of rotatable bonds is 5. The minimum absolute atomic E-state index is 0.0862. The third-order valence-corrected chi connectivity index (χ3v) is 3.70. The number of hydrogen-bond donors (Lipinski definition) is 1. The quantitative estimate of drug-likeness (QED) is 0.384. The van der Waals surface area contributed by atoms with Crippen molar-refractivity contribution < 1.29 is 44.3 Å². The minimum Gasteiger partial charge on any atom is -0.433 e. The first-order valence-electron chi connectivity index (χ1n) is 5.51. The average Bonchev–Trinajstić information content (AvgIpc) is 2.40. The number of alkyl halides is 9. The van der Waals surface area contributed by atoms with Crippen LogP contribution in [0.25, 0.3) is 0 Å². The molecular formula is C11H7F9INO. The highest BCUT2D eigenvalue weighted by Crippen LogP contribution is 2.52. The van der Waals surface area contributed by atoms with Crippen molar-refractivity contribution in [2.24, 2.45) is 0 Å². The zero-order valence-corrected chi connectivity index (χ0v) is 12.9. The molecule has 132 valence electrons. The first-order chi connectivity index (χ1) is 10.3. The zero-order chi connectivity index (χ0) is 18.2. The summed E-state index contributed by atoms with van der Waals surface area (Å²) in [5.41, 5.74) is -1.63. The number of anilines is 1. The maximum Gasteiger partial charge on any atom is 0.457 e. The molecule has 1 unspecified atom stereocenters. The Morgan fingerprint density at radius 1 is 1.09 bits per heavy atom. The molecule has 1 aromatic rings. The predicted octanol–water partition coefficient (Wildman–Crippen LogP) is 4.81. The van der Waals surface area contributed by atoms with Gasteiger partial charge in [0.25, 0.3) is 0 Å². The number of ether oxygens (including phenoxy) is 1. The second-order valence-corrected chi connectivity index (χ2v) is 5.42. The van der Waals surface area contributed by atoms with Gasteiger partial charge in [-0.05, 0) is 34.7 Å². The smallest absolute Gasteiger partial charge is 0.433 e. The van der Waals surface area contributed by atoms with E-state index < -0.39 is 48.1 Å². The van der Waals surface area contributed by atoms with Gasteiger partial charge in [-0.2, -0.15) is 30.7 Å². The van der Waals surface area contributed by atoms with Crippen LogP contribution in [0.5, 0.6) is 5.75 Å². The summed E-state index contributed by atoms with van der Waals surface area (Å²) in [7, 11) is 0. The summed E-state index contributed by atoms with van der Waals surface area (Å²) in [4.78, 5) is 0. The van der Waals surface area contributed by atoms with Crippen LogP contribution >= 0.6 is 22.6 Å². The monoisotopic (exact) mass is 467 g/mol. The topological polar surface area (TPSA) is 35.2 Å². The fraction of sp³-hybridized carbons (Fsp3) is 0.455. The molecule has 1 aromatic carbocycles. The van der Waals surface area contributed by atoms with Gasteiger partial charge in [0.2, 0.25) is 5.67 Å². The first-order valence-corrected chi connectivity index (χ1v) is 6.59. The molecule has 12 heteroatoms. The Labute approximate surface area is 136 Å². The Morgan fingerprint density at radius 2 is 1.61 bits per heavy atom. The molecule has 0 fully saturated rings. The molecule has 2 N–H and O–H groups in total. The molecule has 0 radical (unpaired) electrons. The Morgan fingerprint density at radius 3 is 2.00 bits per heavy atom. The lowest BCUT2D eigenvalue weighted by Gasteiger charge is -2.33. The lowest BCUT2D eigenvalue weighted by atomic mass is 9.89. The van der Waals surface area contributed by atoms with Crippen molar-refractivity contribution >= 4 is 28.3 Å². The molecule has 0 aliphatic rings. The van der Waals surface area contributed by atoms with Crippen LogP contribution in [0, 0.1) is 3.57 Å². The largest absolute Gasteiger partial charge is 0.457 e. The standard InChI is InChI=1S/C11H7F9INO/c12-3-9(15,10(16,17)11(18,19)20)4-1-5(21)7(22)6(2-4)23-8(13)14/h1-2,8H,3,22H2. The minimum atomic E-state index is -6.41. The van der Waals surface area contributed by atoms with E-state index in [9.17, 15) is 39.5 Å². The zero-order valence-electron chi connectivity index (χ0n) is 10.7. The number of nitrogen functional groups attached to an aromatic ring is 1. The fourth-order valence-electron chi connectivity index (χ4n) is 1.58. The molecular weight excluding hydrogens is 460 g/mol. The Kier molecular flexibility index (Phi) is 5.58. The van der Waals surface area contributed by atoms with E-state index in [1.54, 1.807) is 0 Å². The molecule has 0 bridgehead atoms. The van der Waals surface area contributed by atoms with Crippen molar-refractivity contribution in [3.05, 3.63) is 21.3 Å². The van der Waals surface area contributed by atoms with E-state index in [0.717, 1.165) is 0 Å². The van der Waals surface area contributed by atoms with Gasteiger partial charge >= 0.3 is 18.7 Å². The van der Waals surface area contributed by atoms with E-state index in [4.69, 9.17) is 5.73 Å². The summed E-state index contributed by atoms with van der Waals surface area (Å²) < 4.78 is 119. The molecule has 0 heterocycles. The van der Waals surface area contributed by atoms with Crippen LogP contribution in [-0.2, 0) is 5.67 Å². The Balaban J connectivity index is 3.56. The van der Waals surface area contributed by atoms with Gasteiger partial charge < -0.3 is 10.5 Å². The van der Waals surface area contributed by atoms with E-state index in [-0.39, 0.29) is 9.64 Å². The summed E-state index contributed by atoms with van der Waals surface area (Å²) in [6.07, 6.45) is -6.41. The molecule has 23 heavy (non-hydrogen) atoms. The van der Waals surface area contributed by atoms with Crippen molar-refractivity contribution in [1.82, 2.24) is 0 Å². The lowest BCUT2D eigenvalue weighted by Crippen LogP contribution is -2.53. The van der Waals surface area contributed by atoms with Gasteiger partial charge in [0, 0.05) is 9.13 Å². The van der Waals surface area contributed by atoms with Gasteiger partial charge in [0.05, 0.1) is 5.69 Å². The summed E-state index contributed by atoms with van der Waals surface area (Å²) in [5.74, 6) is -7.16. The van der Waals surface area contributed by atoms with Crippen molar-refractivity contribution in [2.75, 3.05) is 12.4 Å². The summed E-state index contributed by atoms with van der Waals surface area (Å²) in [6.45, 7) is -6.26. The van der Waals surface area contributed by atoms with Gasteiger partial charge in [-0.25, -0.2) is 8.78 Å². The highest BCUT2D eigenvalue weighted by atomic mass is 127. The van der Waals surface area contributed by atoms with Gasteiger partial charge in [-0.3, -0.25) is 0 Å². The fourth-order valence-corrected chi connectivity index (χ4v) is 2.18. The van der Waals surface area contributed by atoms with E-state index in [2.05, 4.69) is 4.74 Å². The molecule has 0 aliphatic heterocycles. The van der Waals surface area contributed by atoms with Crippen molar-refractivity contribution in [1.29, 1.82) is 0 Å². The number of nitrogens with two attached hydrogens (primary N) is 1. The maximum atomic E-state index is 14.2. The molecule has 0 spiro atoms. The molecule has 0 saturated carbocycles. The van der Waals surface area contributed by atoms with Crippen LogP contribution in [0.1, 0.15) is 5.56 Å². The summed E-state index contributed by atoms with van der Waals surface area (Å²) >= 11 is 1.26. The second kappa shape index (κ2) is 6.43. The van der Waals surface area contributed by atoms with Crippen molar-refractivity contribution in [3.8, 4) is 5.75 Å². The van der Waals surface area contributed by atoms with E-state index in [1.807, 2.05) is 0 Å². The van der Waals surface area contributed by atoms with E-state index in [1.165, 1.54) is 22.6 Å². The maximum absolute atomic E-state index is 14.2. The first kappa shape index (κ1) is 20.0. The van der Waals surface area contributed by atoms with Gasteiger partial charge in [-0.1, -0.05) is 0 Å². The van der Waals surface area contributed by atoms with E-state index in [0.29, 0.717) is 6.07 Å². The molecule has 0 saturated heterocycles. The normalized spacial score (nSPS) is 15.6. The Hall–Kier alpha value is -1.08. The van der Waals surface area contributed by atoms with Crippen LogP contribution in [-0.4, -0.2) is 25.4 Å². The van der Waals surface area contributed by atoms with Crippen LogP contribution in [0.4, 0.5) is 45.2 Å². The predicted molar refractivity (Wildman–Crippen MR) is 70.0 cm³/mol. The van der Waals surface area contributed by atoms with Crippen LogP contribution in [0.3, 0.4) is 0 Å². The van der Waals surface area contributed by atoms with Crippen molar-refractivity contribution in [3.63, 3.8) is 0 Å². The number of halogens is 10. The van der Waals surface area contributed by atoms with Gasteiger partial charge in [0.15, 0.2) is 0 Å². The summed E-state index contributed by atoms with van der Waals surface area (Å²) in [6, 6.07) is 0.482. The molecule has 0 aromatic heterocycles. The highest BCUT2D eigenvalue weighted by Gasteiger charge is 2.72. The molecule has 0 amide bonds. The van der Waals surface area contributed by atoms with Gasteiger partial charge in [-0.15, -0.1) is 0 Å². The number of hydrogen-bond acceptors (Lipinski definition) is 2. The molecule has 1 atom stereocenters. The van der Waals surface area contributed by atoms with Gasteiger partial charge in [0.1, 0.15) is 12.4 Å². The lowest BCUT2D eigenvalue weighted by molar-refractivity contribution is -0.333.